The van der Waals surface area contributed by atoms with Crippen LogP contribution >= 0.6 is 0 Å². The van der Waals surface area contributed by atoms with Crippen LogP contribution in [0.3, 0.4) is 0 Å². The van der Waals surface area contributed by atoms with Gasteiger partial charge in [0, 0.05) is 25.0 Å². The Bertz CT molecular complexity index is 205. The molecule has 1 saturated carbocycles. The third-order valence-corrected chi connectivity index (χ3v) is 3.49. The lowest BCUT2D eigenvalue weighted by Gasteiger charge is -2.26. The van der Waals surface area contributed by atoms with E-state index in [9.17, 15) is 4.79 Å². The quantitative estimate of drug-likeness (QED) is 0.683. The molecule has 0 spiro atoms. The molecular formula is C11H20N2O. The minimum absolute atomic E-state index is 0.225. The summed E-state index contributed by atoms with van der Waals surface area (Å²) in [4.78, 5) is 14.0. The Labute approximate surface area is 85.6 Å². The second-order valence-corrected chi connectivity index (χ2v) is 4.67. The number of nitrogens with zero attached hydrogens (tertiary/aromatic N) is 1. The molecule has 2 aliphatic rings. The number of rotatable bonds is 1. The Kier molecular flexibility index (Phi) is 3.06. The van der Waals surface area contributed by atoms with Gasteiger partial charge < -0.3 is 10.6 Å². The van der Waals surface area contributed by atoms with Crippen molar-refractivity contribution in [2.45, 2.75) is 44.6 Å². The van der Waals surface area contributed by atoms with Gasteiger partial charge in [-0.1, -0.05) is 19.3 Å². The van der Waals surface area contributed by atoms with Gasteiger partial charge in [0.2, 0.25) is 5.91 Å². The van der Waals surface area contributed by atoms with Gasteiger partial charge in [-0.3, -0.25) is 4.79 Å². The monoisotopic (exact) mass is 196 g/mol. The third-order valence-electron chi connectivity index (χ3n) is 3.49. The number of amides is 1. The number of carbonyl (C=O) groups is 1. The van der Waals surface area contributed by atoms with E-state index in [-0.39, 0.29) is 6.04 Å². The molecule has 1 aliphatic heterocycles. The maximum atomic E-state index is 12.0. The summed E-state index contributed by atoms with van der Waals surface area (Å²) < 4.78 is 0. The minimum atomic E-state index is 0.225. The summed E-state index contributed by atoms with van der Waals surface area (Å²) in [6.07, 6.45) is 6.96. The summed E-state index contributed by atoms with van der Waals surface area (Å²) in [6, 6.07) is 0.225. The van der Waals surface area contributed by atoms with Crippen LogP contribution in [0.4, 0.5) is 0 Å². The fraction of sp³-hybridized carbons (Fsp3) is 0.909. The molecule has 3 nitrogen and oxygen atoms in total. The highest BCUT2D eigenvalue weighted by Gasteiger charge is 2.29. The molecule has 0 aromatic heterocycles. The minimum Gasteiger partial charge on any atom is -0.341 e. The zero-order chi connectivity index (χ0) is 9.97. The molecule has 0 aromatic carbocycles. The average molecular weight is 196 g/mol. The highest BCUT2D eigenvalue weighted by atomic mass is 16.2. The highest BCUT2D eigenvalue weighted by molar-refractivity contribution is 5.79. The number of hydrogen-bond donors (Lipinski definition) is 1. The van der Waals surface area contributed by atoms with Crippen molar-refractivity contribution in [3.63, 3.8) is 0 Å². The number of nitrogens with two attached hydrogens (primary N) is 1. The van der Waals surface area contributed by atoms with Crippen molar-refractivity contribution in [1.82, 2.24) is 4.90 Å². The fourth-order valence-electron chi connectivity index (χ4n) is 2.60. The normalized spacial score (nSPS) is 29.5. The molecule has 3 heteroatoms. The van der Waals surface area contributed by atoms with Crippen LogP contribution in [0, 0.1) is 5.92 Å². The van der Waals surface area contributed by atoms with E-state index < -0.39 is 0 Å². The zero-order valence-electron chi connectivity index (χ0n) is 8.74. The first kappa shape index (κ1) is 9.97. The molecule has 0 aromatic rings. The predicted molar refractivity (Wildman–Crippen MR) is 55.7 cm³/mol. The molecular weight excluding hydrogens is 176 g/mol. The zero-order valence-corrected chi connectivity index (χ0v) is 8.74. The van der Waals surface area contributed by atoms with Crippen molar-refractivity contribution in [3.8, 4) is 0 Å². The van der Waals surface area contributed by atoms with Gasteiger partial charge in [0.15, 0.2) is 0 Å². The molecule has 2 N–H and O–H groups in total. The molecule has 1 heterocycles. The van der Waals surface area contributed by atoms with Gasteiger partial charge in [-0.05, 0) is 19.3 Å². The van der Waals surface area contributed by atoms with Crippen molar-refractivity contribution in [3.05, 3.63) is 0 Å². The maximum Gasteiger partial charge on any atom is 0.225 e. The SMILES string of the molecule is N[C@@H]1CCN(C(=O)C2CCCCC2)C1. The molecule has 0 radical (unpaired) electrons. The Balaban J connectivity index is 1.87. The van der Waals surface area contributed by atoms with E-state index >= 15 is 0 Å². The van der Waals surface area contributed by atoms with E-state index in [0.717, 1.165) is 32.4 Å². The van der Waals surface area contributed by atoms with Crippen LogP contribution in [0.25, 0.3) is 0 Å². The van der Waals surface area contributed by atoms with Crippen molar-refractivity contribution < 1.29 is 4.79 Å². The van der Waals surface area contributed by atoms with Crippen LogP contribution < -0.4 is 5.73 Å². The first-order valence-electron chi connectivity index (χ1n) is 5.82. The lowest BCUT2D eigenvalue weighted by molar-refractivity contribution is -0.135. The largest absolute Gasteiger partial charge is 0.341 e. The van der Waals surface area contributed by atoms with E-state index in [1.807, 2.05) is 4.90 Å². The number of likely N-dealkylation sites (tertiary alicyclic amines) is 1. The van der Waals surface area contributed by atoms with E-state index in [0.29, 0.717) is 11.8 Å². The summed E-state index contributed by atoms with van der Waals surface area (Å²) in [5.41, 5.74) is 5.80. The standard InChI is InChI=1S/C11H20N2O/c12-10-6-7-13(8-10)11(14)9-4-2-1-3-5-9/h9-10H,1-8,12H2/t10-/m1/s1. The molecule has 1 aliphatic carbocycles. The van der Waals surface area contributed by atoms with Crippen LogP contribution in [-0.2, 0) is 4.79 Å². The molecule has 1 saturated heterocycles. The molecule has 2 rings (SSSR count). The van der Waals surface area contributed by atoms with Crippen LogP contribution in [-0.4, -0.2) is 29.9 Å². The third kappa shape index (κ3) is 2.08. The number of carbonyl (C=O) groups excluding carboxylic acids is 1. The molecule has 14 heavy (non-hydrogen) atoms. The second kappa shape index (κ2) is 4.30. The van der Waals surface area contributed by atoms with E-state index in [1.54, 1.807) is 0 Å². The van der Waals surface area contributed by atoms with Crippen LogP contribution in [0.2, 0.25) is 0 Å². The van der Waals surface area contributed by atoms with Crippen molar-refractivity contribution >= 4 is 5.91 Å². The van der Waals surface area contributed by atoms with Crippen molar-refractivity contribution in [1.29, 1.82) is 0 Å². The molecule has 80 valence electrons. The van der Waals surface area contributed by atoms with Crippen molar-refractivity contribution in [2.75, 3.05) is 13.1 Å². The summed E-state index contributed by atoms with van der Waals surface area (Å²) in [5, 5.41) is 0. The van der Waals surface area contributed by atoms with Gasteiger partial charge in [-0.2, -0.15) is 0 Å². The molecule has 0 bridgehead atoms. The maximum absolute atomic E-state index is 12.0. The van der Waals surface area contributed by atoms with Crippen LogP contribution in [0.1, 0.15) is 38.5 Å². The summed E-state index contributed by atoms with van der Waals surface area (Å²) in [5.74, 6) is 0.687. The Hall–Kier alpha value is -0.570. The Morgan fingerprint density at radius 3 is 2.43 bits per heavy atom. The molecule has 1 atom stereocenters. The van der Waals surface area contributed by atoms with Gasteiger partial charge in [0.25, 0.3) is 0 Å². The Morgan fingerprint density at radius 2 is 1.86 bits per heavy atom. The lowest BCUT2D eigenvalue weighted by Crippen LogP contribution is -2.37. The topological polar surface area (TPSA) is 46.3 Å². The smallest absolute Gasteiger partial charge is 0.225 e. The summed E-state index contributed by atoms with van der Waals surface area (Å²) in [6.45, 7) is 1.67. The first-order valence-corrected chi connectivity index (χ1v) is 5.82. The van der Waals surface area contributed by atoms with E-state index in [2.05, 4.69) is 0 Å². The van der Waals surface area contributed by atoms with Gasteiger partial charge in [-0.15, -0.1) is 0 Å². The average Bonchev–Trinajstić information content (AvgIpc) is 2.65. The first-order chi connectivity index (χ1) is 6.77. The molecule has 2 fully saturated rings. The fourth-order valence-corrected chi connectivity index (χ4v) is 2.60. The van der Waals surface area contributed by atoms with E-state index in [4.69, 9.17) is 5.73 Å². The lowest BCUT2D eigenvalue weighted by atomic mass is 9.88. The highest BCUT2D eigenvalue weighted by Crippen LogP contribution is 2.26. The Morgan fingerprint density at radius 1 is 1.14 bits per heavy atom. The van der Waals surface area contributed by atoms with Gasteiger partial charge in [0.05, 0.1) is 0 Å². The summed E-state index contributed by atoms with van der Waals surface area (Å²) in [7, 11) is 0. The van der Waals surface area contributed by atoms with Crippen LogP contribution in [0.5, 0.6) is 0 Å². The summed E-state index contributed by atoms with van der Waals surface area (Å²) >= 11 is 0. The van der Waals surface area contributed by atoms with Crippen molar-refractivity contribution in [2.24, 2.45) is 11.7 Å². The second-order valence-electron chi connectivity index (χ2n) is 4.67. The predicted octanol–water partition coefficient (Wildman–Crippen LogP) is 1.13. The molecule has 0 unspecified atom stereocenters. The van der Waals surface area contributed by atoms with Gasteiger partial charge >= 0.3 is 0 Å². The van der Waals surface area contributed by atoms with Gasteiger partial charge in [0.1, 0.15) is 0 Å². The van der Waals surface area contributed by atoms with E-state index in [1.165, 1.54) is 19.3 Å². The van der Waals surface area contributed by atoms with Gasteiger partial charge in [-0.25, -0.2) is 0 Å². The number of hydrogen-bond acceptors (Lipinski definition) is 2. The molecule has 1 amide bonds. The van der Waals surface area contributed by atoms with Crippen LogP contribution in [0.15, 0.2) is 0 Å².